The number of ether oxygens (including phenoxy) is 1. The third-order valence-electron chi connectivity index (χ3n) is 2.81. The quantitative estimate of drug-likeness (QED) is 0.632. The van der Waals surface area contributed by atoms with Crippen LogP contribution in [0.2, 0.25) is 0 Å². The van der Waals surface area contributed by atoms with Gasteiger partial charge in [0.15, 0.2) is 5.11 Å². The minimum atomic E-state index is -4.75. The zero-order valence-electron chi connectivity index (χ0n) is 12.7. The van der Waals surface area contributed by atoms with Gasteiger partial charge >= 0.3 is 6.36 Å². The Hall–Kier alpha value is -2.87. The van der Waals surface area contributed by atoms with Crippen LogP contribution in [0.4, 0.5) is 18.9 Å². The molecule has 0 atom stereocenters. The molecule has 8 heteroatoms. The molecular formula is C17H13F3N2O2S. The maximum atomic E-state index is 12.1. The molecule has 0 aliphatic heterocycles. The highest BCUT2D eigenvalue weighted by atomic mass is 32.1. The van der Waals surface area contributed by atoms with E-state index in [9.17, 15) is 18.0 Å². The molecule has 2 rings (SSSR count). The second-order valence-electron chi connectivity index (χ2n) is 4.76. The van der Waals surface area contributed by atoms with E-state index in [-0.39, 0.29) is 10.9 Å². The van der Waals surface area contributed by atoms with Crippen LogP contribution >= 0.6 is 12.2 Å². The second-order valence-corrected chi connectivity index (χ2v) is 5.17. The van der Waals surface area contributed by atoms with Crippen LogP contribution in [0.25, 0.3) is 6.08 Å². The van der Waals surface area contributed by atoms with Crippen LogP contribution in [0, 0.1) is 0 Å². The minimum Gasteiger partial charge on any atom is -0.406 e. The number of benzene rings is 2. The van der Waals surface area contributed by atoms with Crippen LogP contribution < -0.4 is 15.4 Å². The molecule has 0 saturated heterocycles. The van der Waals surface area contributed by atoms with Gasteiger partial charge in [-0.2, -0.15) is 0 Å². The van der Waals surface area contributed by atoms with Gasteiger partial charge < -0.3 is 10.1 Å². The first-order chi connectivity index (χ1) is 11.8. The van der Waals surface area contributed by atoms with E-state index in [0.29, 0.717) is 5.69 Å². The van der Waals surface area contributed by atoms with Gasteiger partial charge in [0.1, 0.15) is 5.75 Å². The number of thiocarbonyl (C=S) groups is 1. The Kier molecular flexibility index (Phi) is 6.13. The summed E-state index contributed by atoms with van der Waals surface area (Å²) in [7, 11) is 0. The molecule has 0 bridgehead atoms. The molecule has 2 aromatic rings. The highest BCUT2D eigenvalue weighted by molar-refractivity contribution is 7.80. The van der Waals surface area contributed by atoms with Crippen molar-refractivity contribution in [3.63, 3.8) is 0 Å². The van der Waals surface area contributed by atoms with E-state index in [4.69, 9.17) is 12.2 Å². The molecule has 0 aliphatic carbocycles. The van der Waals surface area contributed by atoms with E-state index in [0.717, 1.165) is 17.7 Å². The molecule has 0 unspecified atom stereocenters. The predicted molar refractivity (Wildman–Crippen MR) is 93.0 cm³/mol. The van der Waals surface area contributed by atoms with E-state index in [1.807, 2.05) is 30.3 Å². The van der Waals surface area contributed by atoms with Gasteiger partial charge in [-0.25, -0.2) is 0 Å². The number of hydrogen-bond acceptors (Lipinski definition) is 3. The molecule has 0 saturated carbocycles. The predicted octanol–water partition coefficient (Wildman–Crippen LogP) is 4.11. The van der Waals surface area contributed by atoms with Crippen LogP contribution in [-0.2, 0) is 4.79 Å². The lowest BCUT2D eigenvalue weighted by molar-refractivity contribution is -0.274. The smallest absolute Gasteiger partial charge is 0.406 e. The van der Waals surface area contributed by atoms with Crippen molar-refractivity contribution in [2.45, 2.75) is 6.36 Å². The number of hydrogen-bond donors (Lipinski definition) is 2. The van der Waals surface area contributed by atoms with Crippen LogP contribution in [-0.4, -0.2) is 17.4 Å². The maximum Gasteiger partial charge on any atom is 0.573 e. The Labute approximate surface area is 147 Å². The lowest BCUT2D eigenvalue weighted by Gasteiger charge is -2.11. The Morgan fingerprint density at radius 1 is 1.04 bits per heavy atom. The summed E-state index contributed by atoms with van der Waals surface area (Å²) in [6.45, 7) is 0. The molecular weight excluding hydrogens is 353 g/mol. The Morgan fingerprint density at radius 3 is 2.28 bits per heavy atom. The molecule has 4 nitrogen and oxygen atoms in total. The van der Waals surface area contributed by atoms with Crippen molar-refractivity contribution in [2.24, 2.45) is 0 Å². The molecule has 0 aliphatic rings. The van der Waals surface area contributed by atoms with Gasteiger partial charge in [-0.1, -0.05) is 30.3 Å². The Balaban J connectivity index is 1.85. The Morgan fingerprint density at radius 2 is 1.68 bits per heavy atom. The van der Waals surface area contributed by atoms with E-state index < -0.39 is 12.3 Å². The number of anilines is 1. The van der Waals surface area contributed by atoms with Crippen LogP contribution in [0.5, 0.6) is 5.75 Å². The second kappa shape index (κ2) is 8.29. The van der Waals surface area contributed by atoms with Crippen LogP contribution in [0.15, 0.2) is 60.7 Å². The van der Waals surface area contributed by atoms with E-state index in [1.54, 1.807) is 6.08 Å². The summed E-state index contributed by atoms with van der Waals surface area (Å²) < 4.78 is 40.0. The van der Waals surface area contributed by atoms with Gasteiger partial charge in [-0.15, -0.1) is 13.2 Å². The van der Waals surface area contributed by atoms with Gasteiger partial charge in [0.2, 0.25) is 5.91 Å². The number of carbonyl (C=O) groups excluding carboxylic acids is 1. The number of alkyl halides is 3. The van der Waals surface area contributed by atoms with Crippen molar-refractivity contribution in [1.82, 2.24) is 5.32 Å². The van der Waals surface area contributed by atoms with E-state index in [2.05, 4.69) is 15.4 Å². The normalized spacial score (nSPS) is 11.2. The first kappa shape index (κ1) is 18.5. The topological polar surface area (TPSA) is 50.4 Å². The highest BCUT2D eigenvalue weighted by Crippen LogP contribution is 2.23. The van der Waals surface area contributed by atoms with Crippen molar-refractivity contribution in [2.75, 3.05) is 5.32 Å². The molecule has 0 spiro atoms. The SMILES string of the molecule is O=C(C=Cc1ccccc1)NC(=S)Nc1ccc(OC(F)(F)F)cc1. The van der Waals surface area contributed by atoms with Crippen molar-refractivity contribution >= 4 is 35.0 Å². The fourth-order valence-corrected chi connectivity index (χ4v) is 2.01. The highest BCUT2D eigenvalue weighted by Gasteiger charge is 2.30. The third kappa shape index (κ3) is 7.05. The molecule has 130 valence electrons. The van der Waals surface area contributed by atoms with Crippen molar-refractivity contribution in [3.05, 3.63) is 66.2 Å². The fourth-order valence-electron chi connectivity index (χ4n) is 1.79. The number of carbonyl (C=O) groups is 1. The third-order valence-corrected chi connectivity index (χ3v) is 3.01. The molecule has 2 aromatic carbocycles. The largest absolute Gasteiger partial charge is 0.573 e. The van der Waals surface area contributed by atoms with Crippen LogP contribution in [0.1, 0.15) is 5.56 Å². The van der Waals surface area contributed by atoms with Gasteiger partial charge in [0, 0.05) is 11.8 Å². The Bertz CT molecular complexity index is 760. The molecule has 0 fully saturated rings. The van der Waals surface area contributed by atoms with E-state index >= 15 is 0 Å². The lowest BCUT2D eigenvalue weighted by atomic mass is 10.2. The molecule has 0 radical (unpaired) electrons. The summed E-state index contributed by atoms with van der Waals surface area (Å²) >= 11 is 4.98. The number of halogens is 3. The van der Waals surface area contributed by atoms with Gasteiger partial charge in [0.05, 0.1) is 0 Å². The number of rotatable bonds is 4. The van der Waals surface area contributed by atoms with Gasteiger partial charge in [-0.05, 0) is 48.1 Å². The summed E-state index contributed by atoms with van der Waals surface area (Å²) in [6.07, 6.45) is -1.80. The summed E-state index contributed by atoms with van der Waals surface area (Å²) in [6, 6.07) is 14.2. The minimum absolute atomic E-state index is 0.0206. The van der Waals surface area contributed by atoms with Crippen molar-refractivity contribution in [1.29, 1.82) is 0 Å². The average Bonchev–Trinajstić information content (AvgIpc) is 2.54. The fraction of sp³-hybridized carbons (Fsp3) is 0.0588. The monoisotopic (exact) mass is 366 g/mol. The summed E-state index contributed by atoms with van der Waals surface area (Å²) in [5, 5.41) is 5.15. The molecule has 2 N–H and O–H groups in total. The first-order valence-corrected chi connectivity index (χ1v) is 7.43. The summed E-state index contributed by atoms with van der Waals surface area (Å²) in [5.41, 5.74) is 1.27. The molecule has 0 aromatic heterocycles. The zero-order chi connectivity index (χ0) is 18.3. The molecule has 1 amide bonds. The van der Waals surface area contributed by atoms with Crippen molar-refractivity contribution in [3.8, 4) is 5.75 Å². The molecule has 25 heavy (non-hydrogen) atoms. The van der Waals surface area contributed by atoms with E-state index in [1.165, 1.54) is 18.2 Å². The van der Waals surface area contributed by atoms with Gasteiger partial charge in [0.25, 0.3) is 0 Å². The summed E-state index contributed by atoms with van der Waals surface area (Å²) in [4.78, 5) is 11.8. The standard InChI is InChI=1S/C17H13F3N2O2S/c18-17(19,20)24-14-9-7-13(8-10-14)21-16(25)22-15(23)11-6-12-4-2-1-3-5-12/h1-11H,(H2,21,22,23,25). The first-order valence-electron chi connectivity index (χ1n) is 7.03. The summed E-state index contributed by atoms with van der Waals surface area (Å²) in [5.74, 6) is -0.780. The number of nitrogens with one attached hydrogen (secondary N) is 2. The average molecular weight is 366 g/mol. The number of amides is 1. The van der Waals surface area contributed by atoms with Crippen molar-refractivity contribution < 1.29 is 22.7 Å². The van der Waals surface area contributed by atoms with Gasteiger partial charge in [-0.3, -0.25) is 10.1 Å². The maximum absolute atomic E-state index is 12.1. The zero-order valence-corrected chi connectivity index (χ0v) is 13.5. The lowest BCUT2D eigenvalue weighted by Crippen LogP contribution is -2.32. The molecule has 0 heterocycles. The van der Waals surface area contributed by atoms with Crippen LogP contribution in [0.3, 0.4) is 0 Å².